The van der Waals surface area contributed by atoms with E-state index in [2.05, 4.69) is 10.9 Å². The fourth-order valence-electron chi connectivity index (χ4n) is 2.04. The van der Waals surface area contributed by atoms with Crippen molar-refractivity contribution < 1.29 is 35.1 Å². The molecule has 2 rings (SSSR count). The molecule has 9 heteroatoms. The lowest BCUT2D eigenvalue weighted by molar-refractivity contribution is -0.238. The van der Waals surface area contributed by atoms with E-state index in [9.17, 15) is 20.1 Å². The molecule has 0 bridgehead atoms. The summed E-state index contributed by atoms with van der Waals surface area (Å²) in [5.74, 6) is -0.546. The van der Waals surface area contributed by atoms with E-state index >= 15 is 0 Å². The van der Waals surface area contributed by atoms with Gasteiger partial charge < -0.3 is 30.3 Å². The zero-order valence-electron chi connectivity index (χ0n) is 11.5. The van der Waals surface area contributed by atoms with Crippen LogP contribution in [0.1, 0.15) is 10.4 Å². The van der Waals surface area contributed by atoms with Crippen LogP contribution in [0, 0.1) is 0 Å². The second-order valence-corrected chi connectivity index (χ2v) is 4.89. The van der Waals surface area contributed by atoms with Crippen molar-refractivity contribution in [3.05, 3.63) is 29.8 Å². The molecular formula is C13H18N2O7. The molecule has 0 radical (unpaired) electrons. The van der Waals surface area contributed by atoms with Gasteiger partial charge in [-0.25, -0.2) is 5.43 Å². The fraction of sp³-hybridized carbons (Fsp3) is 0.462. The van der Waals surface area contributed by atoms with Crippen LogP contribution in [-0.4, -0.2) is 68.7 Å². The summed E-state index contributed by atoms with van der Waals surface area (Å²) in [5, 5.41) is 47.2. The van der Waals surface area contributed by atoms with E-state index < -0.39 is 43.2 Å². The number of rotatable bonds is 4. The molecule has 1 aromatic carbocycles. The van der Waals surface area contributed by atoms with Crippen LogP contribution < -0.4 is 10.9 Å². The Hall–Kier alpha value is -1.75. The number of phenols is 1. The third-order valence-corrected chi connectivity index (χ3v) is 3.35. The molecule has 0 saturated carbocycles. The highest BCUT2D eigenvalue weighted by molar-refractivity contribution is 5.93. The average Bonchev–Trinajstić information content (AvgIpc) is 2.52. The maximum absolute atomic E-state index is 11.8. The van der Waals surface area contributed by atoms with Crippen LogP contribution in [0.15, 0.2) is 24.3 Å². The third kappa shape index (κ3) is 3.53. The first-order valence-corrected chi connectivity index (χ1v) is 6.59. The van der Waals surface area contributed by atoms with Gasteiger partial charge in [0.25, 0.3) is 5.91 Å². The number of amides is 1. The molecule has 122 valence electrons. The molecule has 0 aliphatic carbocycles. The summed E-state index contributed by atoms with van der Waals surface area (Å²) in [4.78, 5) is 11.8. The Bertz CT molecular complexity index is 508. The van der Waals surface area contributed by atoms with Gasteiger partial charge in [0.1, 0.15) is 30.2 Å². The van der Waals surface area contributed by atoms with Crippen molar-refractivity contribution in [1.29, 1.82) is 0 Å². The molecule has 22 heavy (non-hydrogen) atoms. The summed E-state index contributed by atoms with van der Waals surface area (Å²) in [6.07, 6.45) is -6.78. The fourth-order valence-corrected chi connectivity index (χ4v) is 2.04. The van der Waals surface area contributed by atoms with Gasteiger partial charge in [0.05, 0.1) is 6.61 Å². The topological polar surface area (TPSA) is 152 Å². The molecule has 9 nitrogen and oxygen atoms in total. The minimum atomic E-state index is -1.53. The molecule has 5 atom stereocenters. The normalized spacial score (nSPS) is 31.7. The van der Waals surface area contributed by atoms with Crippen molar-refractivity contribution in [3.63, 3.8) is 0 Å². The van der Waals surface area contributed by atoms with Gasteiger partial charge in [0.2, 0.25) is 0 Å². The largest absolute Gasteiger partial charge is 0.508 e. The van der Waals surface area contributed by atoms with Crippen LogP contribution >= 0.6 is 0 Å². The van der Waals surface area contributed by atoms with Gasteiger partial charge in [-0.15, -0.1) is 0 Å². The monoisotopic (exact) mass is 314 g/mol. The van der Waals surface area contributed by atoms with Crippen molar-refractivity contribution in [2.75, 3.05) is 6.61 Å². The number of hydrogen-bond donors (Lipinski definition) is 7. The summed E-state index contributed by atoms with van der Waals surface area (Å²) in [6, 6.07) is 5.45. The maximum atomic E-state index is 11.8. The number of aliphatic hydroxyl groups excluding tert-OH is 4. The predicted molar refractivity (Wildman–Crippen MR) is 72.5 cm³/mol. The van der Waals surface area contributed by atoms with Gasteiger partial charge in [0, 0.05) is 5.56 Å². The molecule has 0 spiro atoms. The first-order chi connectivity index (χ1) is 10.4. The highest BCUT2D eigenvalue weighted by Crippen LogP contribution is 2.19. The van der Waals surface area contributed by atoms with Gasteiger partial charge in [-0.05, 0) is 24.3 Å². The minimum Gasteiger partial charge on any atom is -0.508 e. The average molecular weight is 314 g/mol. The Kier molecular flexibility index (Phi) is 5.29. The van der Waals surface area contributed by atoms with E-state index in [1.807, 2.05) is 0 Å². The van der Waals surface area contributed by atoms with Crippen LogP contribution in [0.5, 0.6) is 5.75 Å². The number of carbonyl (C=O) groups is 1. The quantitative estimate of drug-likeness (QED) is 0.299. The van der Waals surface area contributed by atoms with Gasteiger partial charge in [-0.1, -0.05) is 0 Å². The minimum absolute atomic E-state index is 0.0124. The summed E-state index contributed by atoms with van der Waals surface area (Å²) in [5.41, 5.74) is 4.90. The number of hydrazine groups is 1. The van der Waals surface area contributed by atoms with Gasteiger partial charge >= 0.3 is 0 Å². The second-order valence-electron chi connectivity index (χ2n) is 4.89. The van der Waals surface area contributed by atoms with Crippen LogP contribution in [0.4, 0.5) is 0 Å². The third-order valence-electron chi connectivity index (χ3n) is 3.35. The standard InChI is InChI=1S/C13H18N2O7/c16-5-8-9(18)10(19)11(20)13(22-8)15-14-12(21)6-1-3-7(17)4-2-6/h1-4,8-11,13,15-20H,5H2,(H,14,21)/t8-,9+,10+,11-,13-/m1/s1. The van der Waals surface area contributed by atoms with E-state index in [0.29, 0.717) is 0 Å². The molecule has 1 amide bonds. The Balaban J connectivity index is 1.95. The van der Waals surface area contributed by atoms with E-state index in [4.69, 9.17) is 14.9 Å². The molecule has 1 saturated heterocycles. The lowest BCUT2D eigenvalue weighted by Gasteiger charge is -2.40. The molecule has 1 aliphatic rings. The summed E-state index contributed by atoms with van der Waals surface area (Å²) in [6.45, 7) is -0.560. The number of aliphatic hydroxyl groups is 4. The number of nitrogens with one attached hydrogen (secondary N) is 2. The molecule has 0 unspecified atom stereocenters. The molecule has 7 N–H and O–H groups in total. The zero-order chi connectivity index (χ0) is 16.3. The van der Waals surface area contributed by atoms with E-state index in [1.165, 1.54) is 24.3 Å². The number of benzene rings is 1. The zero-order valence-corrected chi connectivity index (χ0v) is 11.5. The van der Waals surface area contributed by atoms with Gasteiger partial charge in [0.15, 0.2) is 6.23 Å². The van der Waals surface area contributed by atoms with Crippen LogP contribution in [-0.2, 0) is 4.74 Å². The lowest BCUT2D eigenvalue weighted by atomic mass is 9.99. The highest BCUT2D eigenvalue weighted by Gasteiger charge is 2.43. The summed E-state index contributed by atoms with van der Waals surface area (Å²) >= 11 is 0. The van der Waals surface area contributed by atoms with Crippen molar-refractivity contribution >= 4 is 5.91 Å². The molecular weight excluding hydrogens is 296 g/mol. The van der Waals surface area contributed by atoms with Gasteiger partial charge in [-0.2, -0.15) is 0 Å². The first-order valence-electron chi connectivity index (χ1n) is 6.59. The van der Waals surface area contributed by atoms with Crippen molar-refractivity contribution in [2.24, 2.45) is 0 Å². The number of carbonyl (C=O) groups excluding carboxylic acids is 1. The van der Waals surface area contributed by atoms with E-state index in [-0.39, 0.29) is 11.3 Å². The SMILES string of the molecule is O=C(NN[C@@H]1O[C@H](CO)[C@H](O)[C@H](O)[C@H]1O)c1ccc(O)cc1. The molecule has 0 aromatic heterocycles. The Morgan fingerprint density at radius 1 is 1.09 bits per heavy atom. The van der Waals surface area contributed by atoms with Crippen LogP contribution in [0.3, 0.4) is 0 Å². The van der Waals surface area contributed by atoms with E-state index in [1.54, 1.807) is 0 Å². The van der Waals surface area contributed by atoms with Gasteiger partial charge in [-0.3, -0.25) is 10.2 Å². The number of hydrogen-bond acceptors (Lipinski definition) is 8. The van der Waals surface area contributed by atoms with Crippen molar-refractivity contribution in [3.8, 4) is 5.75 Å². The second kappa shape index (κ2) is 7.01. The molecule has 1 aliphatic heterocycles. The smallest absolute Gasteiger partial charge is 0.265 e. The Morgan fingerprint density at radius 2 is 1.73 bits per heavy atom. The number of aromatic hydroxyl groups is 1. The predicted octanol–water partition coefficient (Wildman–Crippen LogP) is -2.57. The number of phenolic OH excluding ortho intramolecular Hbond substituents is 1. The molecule has 1 heterocycles. The maximum Gasteiger partial charge on any atom is 0.265 e. The highest BCUT2D eigenvalue weighted by atomic mass is 16.6. The lowest BCUT2D eigenvalue weighted by Crippen LogP contribution is -2.64. The molecule has 1 fully saturated rings. The Labute approximate surface area is 125 Å². The molecule has 1 aromatic rings. The van der Waals surface area contributed by atoms with Crippen LogP contribution in [0.25, 0.3) is 0 Å². The van der Waals surface area contributed by atoms with Crippen molar-refractivity contribution in [2.45, 2.75) is 30.6 Å². The van der Waals surface area contributed by atoms with Crippen molar-refractivity contribution in [1.82, 2.24) is 10.9 Å². The first kappa shape index (κ1) is 16.6. The summed E-state index contributed by atoms with van der Waals surface area (Å²) in [7, 11) is 0. The number of ether oxygens (including phenoxy) is 1. The Morgan fingerprint density at radius 3 is 2.32 bits per heavy atom. The summed E-state index contributed by atoms with van der Waals surface area (Å²) < 4.78 is 5.16. The van der Waals surface area contributed by atoms with Crippen LogP contribution in [0.2, 0.25) is 0 Å². The van der Waals surface area contributed by atoms with E-state index in [0.717, 1.165) is 0 Å².